The second-order valence-electron chi connectivity index (χ2n) is 4.90. The molecule has 1 fully saturated rings. The predicted molar refractivity (Wildman–Crippen MR) is 66.3 cm³/mol. The van der Waals surface area contributed by atoms with Crippen LogP contribution in [0.15, 0.2) is 24.3 Å². The van der Waals surface area contributed by atoms with Gasteiger partial charge in [0, 0.05) is 0 Å². The number of rotatable bonds is 1. The third kappa shape index (κ3) is 1.37. The zero-order valence-corrected chi connectivity index (χ0v) is 11.4. The van der Waals surface area contributed by atoms with Crippen LogP contribution in [0.4, 0.5) is 0 Å². The zero-order valence-electron chi connectivity index (χ0n) is 10.4. The van der Waals surface area contributed by atoms with Gasteiger partial charge in [0.1, 0.15) is 0 Å². The van der Waals surface area contributed by atoms with Crippen molar-refractivity contribution < 1.29 is 22.9 Å². The van der Waals surface area contributed by atoms with Crippen LogP contribution in [0.1, 0.15) is 13.8 Å². The van der Waals surface area contributed by atoms with Crippen LogP contribution >= 0.6 is 7.66 Å². The molecule has 0 amide bonds. The maximum atomic E-state index is 11.9. The van der Waals surface area contributed by atoms with Crippen molar-refractivity contribution in [2.24, 2.45) is 0 Å². The molecule has 0 aromatic heterocycles. The van der Waals surface area contributed by atoms with Gasteiger partial charge in [0.15, 0.2) is 0 Å². The minimum absolute atomic E-state index is 0.453. The normalized spacial score (nSPS) is 27.5. The van der Waals surface area contributed by atoms with E-state index in [1.807, 2.05) is 12.1 Å². The van der Waals surface area contributed by atoms with E-state index in [9.17, 15) is 4.79 Å². The van der Waals surface area contributed by atoms with Crippen molar-refractivity contribution in [1.29, 1.82) is 0 Å². The number of carbonyl (C=O) groups excluding carboxylic acids is 1. The van der Waals surface area contributed by atoms with E-state index in [0.29, 0.717) is 11.5 Å². The summed E-state index contributed by atoms with van der Waals surface area (Å²) in [6.45, 7) is 3.38. The van der Waals surface area contributed by atoms with E-state index in [2.05, 4.69) is 5.09 Å². The van der Waals surface area contributed by atoms with Crippen LogP contribution in [0.3, 0.4) is 0 Å². The number of nitrogens with one attached hydrogen (secondary N) is 1. The van der Waals surface area contributed by atoms with Crippen molar-refractivity contribution in [3.8, 4) is 11.5 Å². The van der Waals surface area contributed by atoms with E-state index in [4.69, 9.17) is 18.1 Å². The molecule has 2 aliphatic rings. The Morgan fingerprint density at radius 2 is 1.72 bits per heavy atom. The van der Waals surface area contributed by atoms with Crippen LogP contribution in [0.25, 0.3) is 0 Å². The van der Waals surface area contributed by atoms with Crippen molar-refractivity contribution in [3.63, 3.8) is 0 Å². The van der Waals surface area contributed by atoms with E-state index in [-0.39, 0.29) is 0 Å². The molecule has 0 atom stereocenters. The molecule has 2 heterocycles. The molecule has 0 aliphatic carbocycles. The average Bonchev–Trinajstić information content (AvgIpc) is 2.72. The summed E-state index contributed by atoms with van der Waals surface area (Å²) < 4.78 is 22.3. The molecule has 1 aromatic rings. The standard InChI is InChI=1S/C11H15NO5P/c1-11(2)10(13)17-18(12-11,14-3)15-8-6-4-5-7-9(8)16-18/h4-7,12,18H,1-3H3/q-1. The van der Waals surface area contributed by atoms with Gasteiger partial charge in [0.05, 0.1) is 0 Å². The first kappa shape index (κ1) is 11.7. The molecule has 0 radical (unpaired) electrons. The molecular formula is C11H15NO5P-. The molecular weight excluding hydrogens is 257 g/mol. The Balaban J connectivity index is 2.08. The van der Waals surface area contributed by atoms with Crippen LogP contribution in [0.5, 0.6) is 11.5 Å². The van der Waals surface area contributed by atoms with Gasteiger partial charge in [-0.2, -0.15) is 0 Å². The van der Waals surface area contributed by atoms with Gasteiger partial charge in [-0.15, -0.1) is 0 Å². The number of para-hydroxylation sites is 2. The second kappa shape index (κ2) is 3.15. The molecule has 0 bridgehead atoms. The van der Waals surface area contributed by atoms with Gasteiger partial charge in [-0.1, -0.05) is 0 Å². The Morgan fingerprint density at radius 1 is 1.17 bits per heavy atom. The van der Waals surface area contributed by atoms with Crippen LogP contribution in [0, 0.1) is 0 Å². The Morgan fingerprint density at radius 3 is 2.11 bits per heavy atom. The Kier molecular flexibility index (Phi) is 2.05. The number of benzene rings is 1. The molecule has 0 unspecified atom stereocenters. The fourth-order valence-electron chi connectivity index (χ4n) is 2.16. The number of fused-ring (bicyclic) bond motifs is 1. The molecule has 2 aliphatic heterocycles. The van der Waals surface area contributed by atoms with Crippen molar-refractivity contribution in [2.75, 3.05) is 7.11 Å². The van der Waals surface area contributed by atoms with Gasteiger partial charge < -0.3 is 0 Å². The first-order valence-electron chi connectivity index (χ1n) is 5.62. The number of hydrogen-bond acceptors (Lipinski definition) is 6. The molecule has 18 heavy (non-hydrogen) atoms. The summed E-state index contributed by atoms with van der Waals surface area (Å²) in [5.74, 6) is 0.557. The van der Waals surface area contributed by atoms with Crippen LogP contribution in [-0.2, 0) is 13.8 Å². The summed E-state index contributed by atoms with van der Waals surface area (Å²) in [5, 5.41) is 2.98. The molecule has 6 nitrogen and oxygen atoms in total. The third-order valence-corrected chi connectivity index (χ3v) is 6.49. The predicted octanol–water partition coefficient (Wildman–Crippen LogP) is 1.89. The van der Waals surface area contributed by atoms with E-state index in [0.717, 1.165) is 0 Å². The second-order valence-corrected chi connectivity index (χ2v) is 7.99. The van der Waals surface area contributed by atoms with Crippen molar-refractivity contribution in [3.05, 3.63) is 24.3 Å². The zero-order chi connectivity index (χ0) is 13.0. The van der Waals surface area contributed by atoms with E-state index in [1.165, 1.54) is 7.11 Å². The monoisotopic (exact) mass is 272 g/mol. The Hall–Kier alpha value is -1.36. The van der Waals surface area contributed by atoms with Crippen molar-refractivity contribution in [1.82, 2.24) is 5.09 Å². The average molecular weight is 272 g/mol. The van der Waals surface area contributed by atoms with Crippen LogP contribution in [-0.4, -0.2) is 18.6 Å². The summed E-state index contributed by atoms with van der Waals surface area (Å²) >= 11 is 0. The van der Waals surface area contributed by atoms with Crippen molar-refractivity contribution in [2.45, 2.75) is 19.4 Å². The Labute approximate surface area is 104 Å². The first-order valence-corrected chi connectivity index (χ1v) is 7.75. The summed E-state index contributed by atoms with van der Waals surface area (Å²) in [4.78, 5) is 11.9. The number of hydrogen-bond donors (Lipinski definition) is 1. The van der Waals surface area contributed by atoms with Gasteiger partial charge in [-0.25, -0.2) is 0 Å². The summed E-state index contributed by atoms with van der Waals surface area (Å²) in [7, 11) is -2.96. The molecule has 1 spiro atoms. The summed E-state index contributed by atoms with van der Waals surface area (Å²) in [6, 6.07) is 7.09. The quantitative estimate of drug-likeness (QED) is 0.787. The third-order valence-electron chi connectivity index (χ3n) is 3.07. The summed E-state index contributed by atoms with van der Waals surface area (Å²) in [6.07, 6.45) is 0. The topological polar surface area (TPSA) is 66.0 Å². The molecule has 1 N–H and O–H groups in total. The van der Waals surface area contributed by atoms with Gasteiger partial charge in [0.2, 0.25) is 0 Å². The molecule has 100 valence electrons. The fraction of sp³-hybridized carbons (Fsp3) is 0.364. The Bertz CT molecular complexity index is 519. The van der Waals surface area contributed by atoms with E-state index in [1.54, 1.807) is 26.0 Å². The van der Waals surface area contributed by atoms with E-state index < -0.39 is 19.2 Å². The fourth-order valence-corrected chi connectivity index (χ4v) is 5.59. The van der Waals surface area contributed by atoms with Gasteiger partial charge in [-0.3, -0.25) is 0 Å². The molecule has 1 aromatic carbocycles. The number of carbonyl (C=O) groups is 1. The van der Waals surface area contributed by atoms with E-state index >= 15 is 0 Å². The molecule has 1 saturated heterocycles. The van der Waals surface area contributed by atoms with Gasteiger partial charge in [0.25, 0.3) is 0 Å². The van der Waals surface area contributed by atoms with Gasteiger partial charge in [-0.05, 0) is 0 Å². The minimum atomic E-state index is -4.36. The van der Waals surface area contributed by atoms with Gasteiger partial charge >= 0.3 is 104 Å². The molecule has 0 saturated carbocycles. The molecule has 3 rings (SSSR count). The van der Waals surface area contributed by atoms with Crippen LogP contribution < -0.4 is 14.1 Å². The maximum absolute atomic E-state index is 11.9. The van der Waals surface area contributed by atoms with Crippen LogP contribution in [0.2, 0.25) is 0 Å². The van der Waals surface area contributed by atoms with Crippen molar-refractivity contribution >= 4 is 13.6 Å². The summed E-state index contributed by atoms with van der Waals surface area (Å²) in [5.41, 5.74) is -0.911. The molecule has 7 heteroatoms. The first-order chi connectivity index (χ1) is 8.38. The SMILES string of the molecule is CO[PH-]12(NC(C)(C)C(=O)O1)Oc1ccccc1O2.